The number of aryl methyl sites for hydroxylation is 3. The SMILES string of the molecule is CCI.CCc1ccc(C)cc1.Cc1ccc(CO)cc1.[CH3-].[I][V][I]. The zero-order valence-corrected chi connectivity index (χ0v) is 23.6. The Balaban J connectivity index is -0.000000287. The third-order valence-corrected chi connectivity index (χ3v) is 2.83. The van der Waals surface area contributed by atoms with Crippen LogP contribution in [0, 0.1) is 21.3 Å². The van der Waals surface area contributed by atoms with Gasteiger partial charge in [0.05, 0.1) is 6.61 Å². The summed E-state index contributed by atoms with van der Waals surface area (Å²) in [4.78, 5) is 0. The molecule has 0 aromatic heterocycles. The van der Waals surface area contributed by atoms with E-state index in [0.29, 0.717) is 9.47 Å². The van der Waals surface area contributed by atoms with Crippen molar-refractivity contribution in [2.45, 2.75) is 40.7 Å². The summed E-state index contributed by atoms with van der Waals surface area (Å²) in [6, 6.07) is 16.5. The van der Waals surface area contributed by atoms with Crippen molar-refractivity contribution >= 4 is 62.5 Å². The van der Waals surface area contributed by atoms with Crippen LogP contribution in [-0.2, 0) is 22.5 Å². The third kappa shape index (κ3) is 21.3. The molecule has 25 heavy (non-hydrogen) atoms. The molecule has 0 bridgehead atoms. The molecule has 2 aromatic rings. The Morgan fingerprint density at radius 3 is 1.32 bits per heavy atom. The van der Waals surface area contributed by atoms with Crippen molar-refractivity contribution in [2.75, 3.05) is 4.43 Å². The van der Waals surface area contributed by atoms with Crippen LogP contribution in [0.4, 0.5) is 0 Å². The standard InChI is InChI=1S/C9H12.C8H10O.C2H5I.CH3.2HI.V/c1-3-9-6-4-8(2)5-7-9;1-7-2-4-8(6-9)5-3-7;1-2-3;;;;/h4-7H,3H2,1-2H3;2-5,9H,6H2,1H3;2H2,1H3;1H3;2*1H;/q;;;-1;;;+2/p-2. The Morgan fingerprint density at radius 2 is 1.08 bits per heavy atom. The fourth-order valence-electron chi connectivity index (χ4n) is 1.52. The summed E-state index contributed by atoms with van der Waals surface area (Å²) in [7, 11) is 0.628. The van der Waals surface area contributed by atoms with Gasteiger partial charge in [-0.05, 0) is 35.8 Å². The van der Waals surface area contributed by atoms with Crippen molar-refractivity contribution in [1.82, 2.24) is 0 Å². The summed E-state index contributed by atoms with van der Waals surface area (Å²) < 4.78 is 1.22. The molecule has 1 nitrogen and oxygen atoms in total. The van der Waals surface area contributed by atoms with E-state index < -0.39 is 0 Å². The van der Waals surface area contributed by atoms with E-state index in [1.165, 1.54) is 21.1 Å². The van der Waals surface area contributed by atoms with E-state index in [9.17, 15) is 0 Å². The van der Waals surface area contributed by atoms with E-state index >= 15 is 0 Å². The number of halogens is 3. The van der Waals surface area contributed by atoms with Crippen LogP contribution in [0.1, 0.15) is 36.1 Å². The molecule has 2 aromatic carbocycles. The molecule has 0 atom stereocenters. The Kier molecular flexibility index (Phi) is 28.7. The van der Waals surface area contributed by atoms with Gasteiger partial charge in [-0.3, -0.25) is 0 Å². The molecule has 0 saturated carbocycles. The van der Waals surface area contributed by atoms with Gasteiger partial charge in [0, 0.05) is 0 Å². The van der Waals surface area contributed by atoms with E-state index in [1.54, 1.807) is 0 Å². The average molecular weight is 718 g/mol. The first-order valence-electron chi connectivity index (χ1n) is 7.69. The summed E-state index contributed by atoms with van der Waals surface area (Å²) in [6.45, 7) is 8.56. The van der Waals surface area contributed by atoms with Gasteiger partial charge in [0.15, 0.2) is 0 Å². The molecular formula is C20H30I3OV-. The van der Waals surface area contributed by atoms with Gasteiger partial charge in [-0.15, -0.1) is 0 Å². The second kappa shape index (κ2) is 23.2. The molecule has 1 N–H and O–H groups in total. The van der Waals surface area contributed by atoms with Crippen molar-refractivity contribution in [3.8, 4) is 0 Å². The molecule has 0 unspecified atom stereocenters. The first kappa shape index (κ1) is 30.9. The van der Waals surface area contributed by atoms with Crippen LogP contribution >= 0.6 is 62.5 Å². The molecule has 0 radical (unpaired) electrons. The summed E-state index contributed by atoms with van der Waals surface area (Å²) in [5.41, 5.74) is 4.96. The molecule has 0 heterocycles. The van der Waals surface area contributed by atoms with Crippen LogP contribution in [0.3, 0.4) is 0 Å². The van der Waals surface area contributed by atoms with E-state index in [4.69, 9.17) is 5.11 Å². The minimum atomic E-state index is 0. The Labute approximate surface area is 198 Å². The molecule has 0 saturated heterocycles. The van der Waals surface area contributed by atoms with E-state index in [1.807, 2.05) is 31.2 Å². The molecule has 0 aliphatic rings. The first-order valence-corrected chi connectivity index (χ1v) is 18.2. The Morgan fingerprint density at radius 1 is 0.800 bits per heavy atom. The van der Waals surface area contributed by atoms with Crippen molar-refractivity contribution in [3.05, 3.63) is 78.2 Å². The zero-order chi connectivity index (χ0) is 18.8. The predicted octanol–water partition coefficient (Wildman–Crippen LogP) is 7.71. The van der Waals surface area contributed by atoms with Crippen LogP contribution in [0.25, 0.3) is 0 Å². The van der Waals surface area contributed by atoms with E-state index in [2.05, 4.69) is 108 Å². The fourth-order valence-corrected chi connectivity index (χ4v) is 1.52. The maximum atomic E-state index is 8.63. The van der Waals surface area contributed by atoms with Crippen LogP contribution in [0.2, 0.25) is 0 Å². The first-order chi connectivity index (χ1) is 11.5. The molecule has 0 fully saturated rings. The van der Waals surface area contributed by atoms with E-state index in [0.717, 1.165) is 12.0 Å². The summed E-state index contributed by atoms with van der Waals surface area (Å²) in [6.07, 6.45) is 1.14. The zero-order valence-electron chi connectivity index (χ0n) is 15.8. The summed E-state index contributed by atoms with van der Waals surface area (Å²) >= 11 is 7.03. The quantitative estimate of drug-likeness (QED) is 0.192. The number of alkyl halides is 1. The number of aliphatic hydroxyl groups excluding tert-OH is 1. The number of rotatable bonds is 2. The van der Waals surface area contributed by atoms with Gasteiger partial charge in [0.1, 0.15) is 0 Å². The van der Waals surface area contributed by atoms with Gasteiger partial charge in [0.25, 0.3) is 0 Å². The fraction of sp³-hybridized carbons (Fsp3) is 0.350. The van der Waals surface area contributed by atoms with Crippen LogP contribution < -0.4 is 0 Å². The summed E-state index contributed by atoms with van der Waals surface area (Å²) in [5.74, 6) is 0. The van der Waals surface area contributed by atoms with Crippen molar-refractivity contribution in [2.24, 2.45) is 0 Å². The number of aliphatic hydroxyl groups is 1. The number of benzene rings is 2. The Bertz CT molecular complexity index is 440. The molecule has 143 valence electrons. The van der Waals surface area contributed by atoms with Crippen molar-refractivity contribution < 1.29 is 14.6 Å². The molecule has 0 aliphatic heterocycles. The molecule has 0 amide bonds. The molecule has 0 spiro atoms. The monoisotopic (exact) mass is 718 g/mol. The molecule has 2 rings (SSSR count). The maximum absolute atomic E-state index is 8.63. The molecular weight excluding hydrogens is 688 g/mol. The minimum absolute atomic E-state index is 0. The second-order valence-electron chi connectivity index (χ2n) is 4.81. The number of hydrogen-bond acceptors (Lipinski definition) is 1. The van der Waals surface area contributed by atoms with Gasteiger partial charge in [-0.2, -0.15) is 0 Å². The van der Waals surface area contributed by atoms with E-state index in [-0.39, 0.29) is 14.0 Å². The van der Waals surface area contributed by atoms with Gasteiger partial charge >= 0.3 is 49.4 Å². The van der Waals surface area contributed by atoms with Crippen LogP contribution in [0.5, 0.6) is 0 Å². The Hall–Kier alpha value is 1.17. The third-order valence-electron chi connectivity index (χ3n) is 2.83. The average Bonchev–Trinajstić information content (AvgIpc) is 2.58. The van der Waals surface area contributed by atoms with Crippen molar-refractivity contribution in [3.63, 3.8) is 0 Å². The predicted molar refractivity (Wildman–Crippen MR) is 137 cm³/mol. The normalized spacial score (nSPS) is 8.16. The molecule has 0 aliphatic carbocycles. The molecule has 5 heteroatoms. The second-order valence-corrected chi connectivity index (χ2v) is 18.1. The van der Waals surface area contributed by atoms with Crippen molar-refractivity contribution in [1.29, 1.82) is 0 Å². The van der Waals surface area contributed by atoms with Gasteiger partial charge < -0.3 is 12.5 Å². The van der Waals surface area contributed by atoms with Gasteiger partial charge in [0.2, 0.25) is 0 Å². The topological polar surface area (TPSA) is 20.2 Å². The van der Waals surface area contributed by atoms with Crippen LogP contribution in [-0.4, -0.2) is 9.53 Å². The number of hydrogen-bond donors (Lipinski definition) is 1. The van der Waals surface area contributed by atoms with Gasteiger partial charge in [-0.25, -0.2) is 0 Å². The van der Waals surface area contributed by atoms with Crippen LogP contribution in [0.15, 0.2) is 48.5 Å². The summed E-state index contributed by atoms with van der Waals surface area (Å²) in [5, 5.41) is 8.63. The van der Waals surface area contributed by atoms with Gasteiger partial charge in [-0.1, -0.05) is 96.1 Å².